The van der Waals surface area contributed by atoms with Gasteiger partial charge in [-0.25, -0.2) is 4.98 Å². The maximum Gasteiger partial charge on any atom is 0.292 e. The fraction of sp³-hybridized carbons (Fsp3) is 0.211. The highest BCUT2D eigenvalue weighted by Crippen LogP contribution is 2.27. The number of aromatic nitrogens is 2. The van der Waals surface area contributed by atoms with Gasteiger partial charge < -0.3 is 5.32 Å². The SMILES string of the molecule is CCn1c(S[C@@H](C)C(=O)Nc2ccccc2[N+](=O)[O-])nc2ccccc2c1=O. The van der Waals surface area contributed by atoms with Crippen molar-refractivity contribution >= 4 is 39.9 Å². The van der Waals surface area contributed by atoms with E-state index in [9.17, 15) is 19.7 Å². The molecule has 0 radical (unpaired) electrons. The van der Waals surface area contributed by atoms with Gasteiger partial charge in [0, 0.05) is 12.6 Å². The summed E-state index contributed by atoms with van der Waals surface area (Å²) in [5.74, 6) is -0.413. The van der Waals surface area contributed by atoms with Gasteiger partial charge in [0.25, 0.3) is 11.2 Å². The first kappa shape index (κ1) is 19.6. The van der Waals surface area contributed by atoms with Crippen LogP contribution in [0.5, 0.6) is 0 Å². The minimum atomic E-state index is -0.620. The smallest absolute Gasteiger partial charge is 0.292 e. The first-order valence-corrected chi connectivity index (χ1v) is 9.50. The Morgan fingerprint density at radius 3 is 2.64 bits per heavy atom. The van der Waals surface area contributed by atoms with Crippen LogP contribution in [0.1, 0.15) is 13.8 Å². The molecule has 28 heavy (non-hydrogen) atoms. The minimum Gasteiger partial charge on any atom is -0.319 e. The van der Waals surface area contributed by atoms with E-state index >= 15 is 0 Å². The van der Waals surface area contributed by atoms with Crippen molar-refractivity contribution in [3.63, 3.8) is 0 Å². The number of nitro groups is 1. The summed E-state index contributed by atoms with van der Waals surface area (Å²) < 4.78 is 1.52. The number of nitrogens with zero attached hydrogens (tertiary/aromatic N) is 3. The second-order valence-corrected chi connectivity index (χ2v) is 7.29. The molecule has 1 N–H and O–H groups in total. The molecule has 0 fully saturated rings. The van der Waals surface area contributed by atoms with Gasteiger partial charge >= 0.3 is 0 Å². The Morgan fingerprint density at radius 1 is 1.25 bits per heavy atom. The molecular weight excluding hydrogens is 380 g/mol. The van der Waals surface area contributed by atoms with Gasteiger partial charge in [-0.1, -0.05) is 36.0 Å². The zero-order valence-electron chi connectivity index (χ0n) is 15.3. The number of carbonyl (C=O) groups is 1. The van der Waals surface area contributed by atoms with Crippen LogP contribution in [0.4, 0.5) is 11.4 Å². The number of fused-ring (bicyclic) bond motifs is 1. The lowest BCUT2D eigenvalue weighted by molar-refractivity contribution is -0.383. The Kier molecular flexibility index (Phi) is 5.74. The van der Waals surface area contributed by atoms with Crippen LogP contribution in [-0.2, 0) is 11.3 Å². The van der Waals surface area contributed by atoms with Crippen LogP contribution in [0, 0.1) is 10.1 Å². The Hall–Kier alpha value is -3.20. The third-order valence-corrected chi connectivity index (χ3v) is 5.24. The molecule has 144 valence electrons. The molecule has 8 nitrogen and oxygen atoms in total. The molecule has 0 aliphatic heterocycles. The standard InChI is InChI=1S/C19H18N4O4S/c1-3-22-18(25)13-8-4-5-9-14(13)21-19(22)28-12(2)17(24)20-15-10-6-7-11-16(15)23(26)27/h4-12H,3H2,1-2H3,(H,20,24)/t12-/m0/s1. The average Bonchev–Trinajstić information content (AvgIpc) is 2.68. The van der Waals surface area contributed by atoms with Crippen LogP contribution in [0.15, 0.2) is 58.5 Å². The van der Waals surface area contributed by atoms with E-state index in [0.29, 0.717) is 22.6 Å². The number of thioether (sulfide) groups is 1. The van der Waals surface area contributed by atoms with Crippen molar-refractivity contribution in [2.24, 2.45) is 0 Å². The van der Waals surface area contributed by atoms with E-state index in [1.807, 2.05) is 6.92 Å². The lowest BCUT2D eigenvalue weighted by atomic mass is 10.2. The maximum absolute atomic E-state index is 12.7. The third-order valence-electron chi connectivity index (χ3n) is 4.15. The predicted molar refractivity (Wildman–Crippen MR) is 109 cm³/mol. The second-order valence-electron chi connectivity index (χ2n) is 5.98. The molecule has 1 amide bonds. The number of para-hydroxylation sites is 3. The highest BCUT2D eigenvalue weighted by Gasteiger charge is 2.22. The van der Waals surface area contributed by atoms with Crippen LogP contribution < -0.4 is 10.9 Å². The number of carbonyl (C=O) groups excluding carboxylic acids is 1. The average molecular weight is 398 g/mol. The molecule has 0 spiro atoms. The summed E-state index contributed by atoms with van der Waals surface area (Å²) in [6, 6.07) is 13.0. The monoisotopic (exact) mass is 398 g/mol. The molecule has 3 aromatic rings. The second kappa shape index (κ2) is 8.22. The Morgan fingerprint density at radius 2 is 1.93 bits per heavy atom. The summed E-state index contributed by atoms with van der Waals surface area (Å²) in [5.41, 5.74) is 0.347. The summed E-state index contributed by atoms with van der Waals surface area (Å²) in [4.78, 5) is 40.3. The first-order chi connectivity index (χ1) is 13.4. The van der Waals surface area contributed by atoms with Crippen molar-refractivity contribution < 1.29 is 9.72 Å². The van der Waals surface area contributed by atoms with E-state index in [-0.39, 0.29) is 16.9 Å². The van der Waals surface area contributed by atoms with E-state index in [1.165, 1.54) is 22.8 Å². The number of rotatable bonds is 6. The zero-order valence-corrected chi connectivity index (χ0v) is 16.1. The van der Waals surface area contributed by atoms with Crippen LogP contribution in [0.3, 0.4) is 0 Å². The van der Waals surface area contributed by atoms with Crippen LogP contribution in [0.2, 0.25) is 0 Å². The van der Waals surface area contributed by atoms with Gasteiger partial charge in [0.05, 0.1) is 21.1 Å². The Balaban J connectivity index is 1.87. The summed E-state index contributed by atoms with van der Waals surface area (Å²) in [5, 5.41) is 14.0. The number of amides is 1. The van der Waals surface area contributed by atoms with Crippen LogP contribution in [-0.4, -0.2) is 25.6 Å². The highest BCUT2D eigenvalue weighted by atomic mass is 32.2. The molecule has 0 saturated carbocycles. The van der Waals surface area contributed by atoms with Crippen molar-refractivity contribution in [1.29, 1.82) is 0 Å². The largest absolute Gasteiger partial charge is 0.319 e. The Bertz CT molecular complexity index is 1110. The molecule has 0 aliphatic rings. The minimum absolute atomic E-state index is 0.129. The molecule has 0 saturated heterocycles. The third kappa shape index (κ3) is 3.89. The van der Waals surface area contributed by atoms with Crippen molar-refractivity contribution in [2.75, 3.05) is 5.32 Å². The van der Waals surface area contributed by atoms with Crippen molar-refractivity contribution in [1.82, 2.24) is 9.55 Å². The number of nitrogens with one attached hydrogen (secondary N) is 1. The zero-order chi connectivity index (χ0) is 20.3. The van der Waals surface area contributed by atoms with E-state index in [0.717, 1.165) is 11.8 Å². The normalized spacial score (nSPS) is 11.9. The summed E-state index contributed by atoms with van der Waals surface area (Å²) in [7, 11) is 0. The Labute approximate surface area is 164 Å². The lowest BCUT2D eigenvalue weighted by Crippen LogP contribution is -2.26. The van der Waals surface area contributed by atoms with Gasteiger partial charge in [0.2, 0.25) is 5.91 Å². The first-order valence-electron chi connectivity index (χ1n) is 8.63. The molecule has 0 unspecified atom stereocenters. The van der Waals surface area contributed by atoms with Crippen molar-refractivity contribution in [3.05, 3.63) is 69.0 Å². The summed E-state index contributed by atoms with van der Waals surface area (Å²) >= 11 is 1.14. The molecule has 9 heteroatoms. The number of hydrogen-bond acceptors (Lipinski definition) is 6. The number of nitro benzene ring substituents is 1. The van der Waals surface area contributed by atoms with Crippen LogP contribution in [0.25, 0.3) is 10.9 Å². The van der Waals surface area contributed by atoms with Crippen molar-refractivity contribution in [2.45, 2.75) is 30.8 Å². The molecule has 1 heterocycles. The highest BCUT2D eigenvalue weighted by molar-refractivity contribution is 8.00. The van der Waals surface area contributed by atoms with Gasteiger partial charge in [0.1, 0.15) is 5.69 Å². The van der Waals surface area contributed by atoms with E-state index in [1.54, 1.807) is 37.3 Å². The van der Waals surface area contributed by atoms with Gasteiger partial charge in [-0.15, -0.1) is 0 Å². The fourth-order valence-corrected chi connectivity index (χ4v) is 3.67. The molecule has 0 bridgehead atoms. The van der Waals surface area contributed by atoms with Gasteiger partial charge in [-0.3, -0.25) is 24.3 Å². The topological polar surface area (TPSA) is 107 Å². The maximum atomic E-state index is 12.7. The molecule has 2 aromatic carbocycles. The van der Waals surface area contributed by atoms with E-state index in [4.69, 9.17) is 0 Å². The number of anilines is 1. The predicted octanol–water partition coefficient (Wildman–Crippen LogP) is 3.44. The van der Waals surface area contributed by atoms with E-state index < -0.39 is 16.1 Å². The lowest BCUT2D eigenvalue weighted by Gasteiger charge is -2.15. The van der Waals surface area contributed by atoms with Gasteiger partial charge in [-0.2, -0.15) is 0 Å². The van der Waals surface area contributed by atoms with Crippen molar-refractivity contribution in [3.8, 4) is 0 Å². The summed E-state index contributed by atoms with van der Waals surface area (Å²) in [6.07, 6.45) is 0. The number of hydrogen-bond donors (Lipinski definition) is 1. The molecule has 3 rings (SSSR count). The van der Waals surface area contributed by atoms with E-state index in [2.05, 4.69) is 10.3 Å². The summed E-state index contributed by atoms with van der Waals surface area (Å²) in [6.45, 7) is 3.91. The fourth-order valence-electron chi connectivity index (χ4n) is 2.70. The van der Waals surface area contributed by atoms with Gasteiger partial charge in [0.15, 0.2) is 5.16 Å². The molecule has 1 atom stereocenters. The molecule has 0 aliphatic carbocycles. The van der Waals surface area contributed by atoms with Crippen LogP contribution >= 0.6 is 11.8 Å². The molecule has 1 aromatic heterocycles. The molecular formula is C19H18N4O4S. The van der Waals surface area contributed by atoms with Gasteiger partial charge in [-0.05, 0) is 32.0 Å². The quantitative estimate of drug-likeness (QED) is 0.295. The number of benzene rings is 2.